The van der Waals surface area contributed by atoms with Gasteiger partial charge in [0.1, 0.15) is 5.76 Å². The van der Waals surface area contributed by atoms with Gasteiger partial charge in [-0.15, -0.1) is 0 Å². The molecule has 9 nitrogen and oxygen atoms in total. The zero-order valence-electron chi connectivity index (χ0n) is 15.5. The lowest BCUT2D eigenvalue weighted by Crippen LogP contribution is -2.23. The number of nitro benzene ring substituents is 1. The maximum absolute atomic E-state index is 12.4. The maximum Gasteiger partial charge on any atom is 0.269 e. The number of nitrogens with one attached hydrogen (secondary N) is 2. The van der Waals surface area contributed by atoms with Crippen LogP contribution in [-0.2, 0) is 21.4 Å². The van der Waals surface area contributed by atoms with Crippen LogP contribution in [0.4, 0.5) is 11.4 Å². The zero-order chi connectivity index (χ0) is 21.6. The molecule has 1 heterocycles. The Hall–Kier alpha value is -3.76. The topological polar surface area (TPSA) is 132 Å². The predicted molar refractivity (Wildman–Crippen MR) is 110 cm³/mol. The Bertz CT molecular complexity index is 1170. The molecule has 0 atom stereocenters. The lowest BCUT2D eigenvalue weighted by atomic mass is 10.2. The highest BCUT2D eigenvalue weighted by molar-refractivity contribution is 7.89. The molecular weight excluding hydrogens is 410 g/mol. The molecule has 0 saturated heterocycles. The molecule has 0 aliphatic rings. The minimum Gasteiger partial charge on any atom is -0.468 e. The second-order valence-electron chi connectivity index (χ2n) is 6.10. The summed E-state index contributed by atoms with van der Waals surface area (Å²) >= 11 is 0. The second-order valence-corrected chi connectivity index (χ2v) is 7.87. The van der Waals surface area contributed by atoms with Gasteiger partial charge in [-0.2, -0.15) is 0 Å². The fourth-order valence-corrected chi connectivity index (χ4v) is 3.51. The summed E-state index contributed by atoms with van der Waals surface area (Å²) in [6.45, 7) is 0.00386. The van der Waals surface area contributed by atoms with Crippen LogP contribution in [0.5, 0.6) is 0 Å². The lowest BCUT2D eigenvalue weighted by molar-refractivity contribution is -0.384. The Labute approximate surface area is 172 Å². The maximum atomic E-state index is 12.4. The lowest BCUT2D eigenvalue weighted by Gasteiger charge is -2.08. The first-order valence-electron chi connectivity index (χ1n) is 8.69. The van der Waals surface area contributed by atoms with E-state index < -0.39 is 20.9 Å². The van der Waals surface area contributed by atoms with Crippen LogP contribution in [-0.4, -0.2) is 19.2 Å². The van der Waals surface area contributed by atoms with Gasteiger partial charge in [0.05, 0.1) is 22.6 Å². The molecule has 0 fully saturated rings. The average molecular weight is 427 g/mol. The summed E-state index contributed by atoms with van der Waals surface area (Å²) in [5.74, 6) is -0.00846. The van der Waals surface area contributed by atoms with E-state index in [0.29, 0.717) is 17.0 Å². The number of carbonyl (C=O) groups is 1. The number of sulfonamides is 1. The summed E-state index contributed by atoms with van der Waals surface area (Å²) in [4.78, 5) is 22.3. The number of benzene rings is 2. The number of nitro groups is 1. The van der Waals surface area contributed by atoms with Crippen LogP contribution in [0.2, 0.25) is 0 Å². The normalized spacial score (nSPS) is 11.5. The van der Waals surface area contributed by atoms with Crippen LogP contribution in [0.25, 0.3) is 6.08 Å². The molecular formula is C20H17N3O6S. The Morgan fingerprint density at radius 1 is 1.10 bits per heavy atom. The van der Waals surface area contributed by atoms with E-state index in [-0.39, 0.29) is 17.1 Å². The number of nitrogens with zero attached hydrogens (tertiary/aromatic N) is 1. The summed E-state index contributed by atoms with van der Waals surface area (Å²) in [5.41, 5.74) is 0.860. The Kier molecular flexibility index (Phi) is 6.40. The van der Waals surface area contributed by atoms with Crippen LogP contribution in [0.1, 0.15) is 11.3 Å². The third kappa shape index (κ3) is 5.63. The molecule has 0 saturated carbocycles. The third-order valence-electron chi connectivity index (χ3n) is 3.96. The van der Waals surface area contributed by atoms with E-state index in [9.17, 15) is 23.3 Å². The summed E-state index contributed by atoms with van der Waals surface area (Å²) in [6, 6.07) is 14.8. The highest BCUT2D eigenvalue weighted by Crippen LogP contribution is 2.17. The van der Waals surface area contributed by atoms with E-state index in [1.54, 1.807) is 18.2 Å². The van der Waals surface area contributed by atoms with Crippen molar-refractivity contribution in [3.8, 4) is 0 Å². The van der Waals surface area contributed by atoms with E-state index in [2.05, 4.69) is 10.0 Å². The van der Waals surface area contributed by atoms with Crippen molar-refractivity contribution in [2.45, 2.75) is 11.4 Å². The molecule has 1 amide bonds. The summed E-state index contributed by atoms with van der Waals surface area (Å²) < 4.78 is 32.4. The first-order valence-corrected chi connectivity index (χ1v) is 10.2. The molecule has 3 rings (SSSR count). The van der Waals surface area contributed by atoms with E-state index in [4.69, 9.17) is 4.42 Å². The van der Waals surface area contributed by atoms with E-state index in [1.165, 1.54) is 60.9 Å². The van der Waals surface area contributed by atoms with E-state index in [1.807, 2.05) is 0 Å². The van der Waals surface area contributed by atoms with Gasteiger partial charge in [0.15, 0.2) is 0 Å². The highest BCUT2D eigenvalue weighted by Gasteiger charge is 2.15. The number of rotatable bonds is 8. The number of furan rings is 1. The van der Waals surface area contributed by atoms with Crippen molar-refractivity contribution < 1.29 is 22.6 Å². The standard InChI is InChI=1S/C20H17N3O6S/c24-20(11-8-15-6-9-17(10-7-15)23(25)26)22-16-3-1-5-19(13-16)30(27,28)21-14-18-4-2-12-29-18/h1-13,21H,14H2,(H,22,24)/b11-8+. The number of amides is 1. The summed E-state index contributed by atoms with van der Waals surface area (Å²) in [6.07, 6.45) is 4.19. The molecule has 1 aromatic heterocycles. The van der Waals surface area contributed by atoms with Gasteiger partial charge in [-0.1, -0.05) is 6.07 Å². The van der Waals surface area contributed by atoms with Gasteiger partial charge < -0.3 is 9.73 Å². The number of non-ortho nitro benzene ring substituents is 1. The highest BCUT2D eigenvalue weighted by atomic mass is 32.2. The first kappa shape index (κ1) is 21.0. The minimum absolute atomic E-state index is 0.00386. The fourth-order valence-electron chi connectivity index (χ4n) is 2.47. The van der Waals surface area contributed by atoms with Crippen molar-refractivity contribution in [3.05, 3.63) is 94.4 Å². The largest absolute Gasteiger partial charge is 0.468 e. The van der Waals surface area contributed by atoms with E-state index >= 15 is 0 Å². The van der Waals surface area contributed by atoms with E-state index in [0.717, 1.165) is 0 Å². The van der Waals surface area contributed by atoms with Crippen molar-refractivity contribution in [1.29, 1.82) is 0 Å². The molecule has 154 valence electrons. The molecule has 0 aliphatic heterocycles. The Balaban J connectivity index is 1.63. The SMILES string of the molecule is O=C(/C=C/c1ccc([N+](=O)[O-])cc1)Nc1cccc(S(=O)(=O)NCc2ccco2)c1. The minimum atomic E-state index is -3.80. The molecule has 30 heavy (non-hydrogen) atoms. The molecule has 2 N–H and O–H groups in total. The number of anilines is 1. The summed E-state index contributed by atoms with van der Waals surface area (Å²) in [7, 11) is -3.80. The molecule has 0 aliphatic carbocycles. The van der Waals surface area contributed by atoms with Crippen LogP contribution < -0.4 is 10.0 Å². The molecule has 0 radical (unpaired) electrons. The molecule has 0 bridgehead atoms. The molecule has 10 heteroatoms. The number of hydrogen-bond acceptors (Lipinski definition) is 6. The molecule has 0 spiro atoms. The quantitative estimate of drug-likeness (QED) is 0.322. The molecule has 3 aromatic rings. The smallest absolute Gasteiger partial charge is 0.269 e. The van der Waals surface area contributed by atoms with Gasteiger partial charge in [-0.25, -0.2) is 13.1 Å². The number of carbonyl (C=O) groups excluding carboxylic acids is 1. The van der Waals surface area contributed by atoms with Crippen LogP contribution >= 0.6 is 0 Å². The zero-order valence-corrected chi connectivity index (χ0v) is 16.3. The van der Waals surface area contributed by atoms with Gasteiger partial charge in [-0.3, -0.25) is 14.9 Å². The van der Waals surface area contributed by atoms with Gasteiger partial charge in [0.25, 0.3) is 5.69 Å². The van der Waals surface area contributed by atoms with Crippen LogP contribution in [0.15, 0.2) is 82.3 Å². The molecule has 0 unspecified atom stereocenters. The Morgan fingerprint density at radius 3 is 2.53 bits per heavy atom. The molecule has 2 aromatic carbocycles. The van der Waals surface area contributed by atoms with Crippen LogP contribution in [0, 0.1) is 10.1 Å². The number of hydrogen-bond donors (Lipinski definition) is 2. The van der Waals surface area contributed by atoms with Crippen molar-refractivity contribution in [3.63, 3.8) is 0 Å². The van der Waals surface area contributed by atoms with Crippen molar-refractivity contribution in [1.82, 2.24) is 4.72 Å². The fraction of sp³-hybridized carbons (Fsp3) is 0.0500. The monoisotopic (exact) mass is 427 g/mol. The van der Waals surface area contributed by atoms with Crippen LogP contribution in [0.3, 0.4) is 0 Å². The predicted octanol–water partition coefficient (Wildman–Crippen LogP) is 3.32. The van der Waals surface area contributed by atoms with Crippen molar-refractivity contribution >= 4 is 33.4 Å². The average Bonchev–Trinajstić information content (AvgIpc) is 3.25. The van der Waals surface area contributed by atoms with Crippen molar-refractivity contribution in [2.75, 3.05) is 5.32 Å². The van der Waals surface area contributed by atoms with Crippen molar-refractivity contribution in [2.24, 2.45) is 0 Å². The summed E-state index contributed by atoms with van der Waals surface area (Å²) in [5, 5.41) is 13.2. The first-order chi connectivity index (χ1) is 14.3. The second kappa shape index (κ2) is 9.16. The van der Waals surface area contributed by atoms with Gasteiger partial charge in [0.2, 0.25) is 15.9 Å². The third-order valence-corrected chi connectivity index (χ3v) is 5.36. The van der Waals surface area contributed by atoms with Gasteiger partial charge in [0, 0.05) is 23.9 Å². The van der Waals surface area contributed by atoms with Gasteiger partial charge >= 0.3 is 0 Å². The van der Waals surface area contributed by atoms with Gasteiger partial charge in [-0.05, 0) is 54.1 Å². The Morgan fingerprint density at radius 2 is 1.87 bits per heavy atom.